The fourth-order valence-electron chi connectivity index (χ4n) is 11.5. The maximum Gasteiger partial charge on any atom is 0.301 e. The fraction of sp³-hybridized carbons (Fsp3) is 0.531. The highest BCUT2D eigenvalue weighted by Gasteiger charge is 2.51. The van der Waals surface area contributed by atoms with Gasteiger partial charge in [-0.05, 0) is 125 Å². The number of hydrogen-bond acceptors (Lipinski definition) is 11. The maximum absolute atomic E-state index is 15.2. The molecular formula is C49H57ClF2N10O4. The molecule has 66 heavy (non-hydrogen) atoms. The Hall–Kier alpha value is -5.48. The molecule has 14 nitrogen and oxygen atoms in total. The van der Waals surface area contributed by atoms with E-state index in [4.69, 9.17) is 26.4 Å². The molecule has 2 atom stereocenters. The summed E-state index contributed by atoms with van der Waals surface area (Å²) in [4.78, 5) is 49.9. The van der Waals surface area contributed by atoms with Crippen molar-refractivity contribution < 1.29 is 23.1 Å². The van der Waals surface area contributed by atoms with Gasteiger partial charge in [0.2, 0.25) is 17.6 Å². The number of halogens is 3. The van der Waals surface area contributed by atoms with Gasteiger partial charge in [-0.1, -0.05) is 11.6 Å². The second-order valence-corrected chi connectivity index (χ2v) is 20.3. The molecule has 2 amide bonds. The molecule has 1 aliphatic carbocycles. The van der Waals surface area contributed by atoms with Crippen LogP contribution in [0, 0.1) is 17.3 Å². The van der Waals surface area contributed by atoms with Crippen molar-refractivity contribution in [2.75, 3.05) is 72.9 Å². The smallest absolute Gasteiger partial charge is 0.301 e. The van der Waals surface area contributed by atoms with Crippen LogP contribution < -0.4 is 36.0 Å². The van der Waals surface area contributed by atoms with Crippen LogP contribution in [0.1, 0.15) is 75.8 Å². The number of piperidine rings is 4. The minimum atomic E-state index is -3.11. The zero-order valence-electron chi connectivity index (χ0n) is 37.6. The molecule has 1 saturated carbocycles. The number of imide groups is 1. The highest BCUT2D eigenvalue weighted by atomic mass is 35.5. The van der Waals surface area contributed by atoms with Crippen LogP contribution in [0.5, 0.6) is 5.75 Å². The molecule has 348 valence electrons. The molecule has 17 heteroatoms. The van der Waals surface area contributed by atoms with Crippen molar-refractivity contribution in [1.82, 2.24) is 29.5 Å². The van der Waals surface area contributed by atoms with Crippen LogP contribution in [0.2, 0.25) is 5.02 Å². The van der Waals surface area contributed by atoms with Gasteiger partial charge in [0.15, 0.2) is 6.61 Å². The van der Waals surface area contributed by atoms with E-state index in [1.165, 1.54) is 23.1 Å². The fourth-order valence-corrected chi connectivity index (χ4v) is 11.6. The summed E-state index contributed by atoms with van der Waals surface area (Å²) in [7, 11) is 3.55. The van der Waals surface area contributed by atoms with Crippen LogP contribution in [0.3, 0.4) is 0 Å². The van der Waals surface area contributed by atoms with Gasteiger partial charge in [-0.15, -0.1) is 0 Å². The number of fused-ring (bicyclic) bond motifs is 4. The van der Waals surface area contributed by atoms with Crippen LogP contribution in [0.15, 0.2) is 53.5 Å². The van der Waals surface area contributed by atoms with E-state index < -0.39 is 30.0 Å². The Morgan fingerprint density at radius 3 is 2.36 bits per heavy atom. The standard InChI is InChI=1S/C49H57ClF2N10O4/c1-58-38-9-5-31(23-35(38)43-44(47(58)65)66-28-49(51,52)45(56-43)30-3-4-30)54-37-25-40(53-26-36(37)50)62-21-15-48(16-22-62)13-19-60(20-14-48)27-29-11-17-61(18-12-29)32-6-7-33-39(24-32)59(2)57-42(33)34-8-10-41(63)55-46(34)64/h5-7,9,23-26,29-30,34,45,56H,3-4,8,10-22,27-28H2,1-2H3,(H,53,54)(H,55,63,64)/t34?,45-/m0/s1. The van der Waals surface area contributed by atoms with Gasteiger partial charge in [0.05, 0.1) is 51.3 Å². The van der Waals surface area contributed by atoms with Crippen LogP contribution in [0.25, 0.3) is 21.8 Å². The number of alkyl halides is 2. The van der Waals surface area contributed by atoms with Gasteiger partial charge in [0.1, 0.15) is 5.82 Å². The van der Waals surface area contributed by atoms with Crippen molar-refractivity contribution in [3.63, 3.8) is 0 Å². The number of carbonyl (C=O) groups excluding carboxylic acids is 2. The number of benzene rings is 2. The minimum Gasteiger partial charge on any atom is -0.480 e. The van der Waals surface area contributed by atoms with E-state index in [1.54, 1.807) is 13.2 Å². The van der Waals surface area contributed by atoms with Gasteiger partial charge in [-0.3, -0.25) is 24.4 Å². The number of anilines is 5. The lowest BCUT2D eigenvalue weighted by Crippen LogP contribution is -2.48. The molecule has 2 aromatic carbocycles. The Kier molecular flexibility index (Phi) is 10.9. The van der Waals surface area contributed by atoms with Crippen molar-refractivity contribution in [3.8, 4) is 5.75 Å². The average molecular weight is 924 g/mol. The molecule has 3 aromatic heterocycles. The third-order valence-corrected chi connectivity index (χ3v) is 16.0. The Bertz CT molecular complexity index is 2780. The third kappa shape index (κ3) is 8.01. The number of rotatable bonds is 8. The Morgan fingerprint density at radius 2 is 1.62 bits per heavy atom. The zero-order chi connectivity index (χ0) is 45.5. The lowest BCUT2D eigenvalue weighted by atomic mass is 9.71. The van der Waals surface area contributed by atoms with Crippen molar-refractivity contribution in [1.29, 1.82) is 0 Å². The number of nitrogens with zero attached hydrogens (tertiary/aromatic N) is 7. The Morgan fingerprint density at radius 1 is 0.864 bits per heavy atom. The van der Waals surface area contributed by atoms with E-state index in [0.29, 0.717) is 70.0 Å². The van der Waals surface area contributed by atoms with Gasteiger partial charge in [0, 0.05) is 81.5 Å². The summed E-state index contributed by atoms with van der Waals surface area (Å²) >= 11 is 6.74. The number of amides is 2. The lowest BCUT2D eigenvalue weighted by molar-refractivity contribution is -0.134. The molecule has 5 aliphatic heterocycles. The van der Waals surface area contributed by atoms with Gasteiger partial charge >= 0.3 is 5.92 Å². The molecule has 8 heterocycles. The van der Waals surface area contributed by atoms with E-state index in [1.807, 2.05) is 36.0 Å². The summed E-state index contributed by atoms with van der Waals surface area (Å²) in [6, 6.07) is 12.9. The predicted octanol–water partition coefficient (Wildman–Crippen LogP) is 7.55. The lowest BCUT2D eigenvalue weighted by Gasteiger charge is -2.48. The number of nitrogens with one attached hydrogen (secondary N) is 3. The minimum absolute atomic E-state index is 0.0810. The van der Waals surface area contributed by atoms with Crippen LogP contribution in [0.4, 0.5) is 37.3 Å². The molecule has 3 N–H and O–H groups in total. The molecule has 5 aromatic rings. The summed E-state index contributed by atoms with van der Waals surface area (Å²) in [5, 5.41) is 15.8. The normalized spacial score (nSPS) is 23.7. The first kappa shape index (κ1) is 43.1. The summed E-state index contributed by atoms with van der Waals surface area (Å²) in [5.74, 6) is -2.71. The molecule has 11 rings (SSSR count). The second-order valence-electron chi connectivity index (χ2n) is 19.9. The van der Waals surface area contributed by atoms with Gasteiger partial charge < -0.3 is 34.6 Å². The Balaban J connectivity index is 0.686. The molecular weight excluding hydrogens is 866 g/mol. The molecule has 0 radical (unpaired) electrons. The first-order chi connectivity index (χ1) is 31.8. The molecule has 1 unspecified atom stereocenters. The highest BCUT2D eigenvalue weighted by Crippen LogP contribution is 2.47. The first-order valence-corrected chi connectivity index (χ1v) is 24.1. The summed E-state index contributed by atoms with van der Waals surface area (Å²) in [6.07, 6.45) is 10.9. The van der Waals surface area contributed by atoms with Crippen LogP contribution in [-0.2, 0) is 23.7 Å². The Labute approximate surface area is 387 Å². The SMILES string of the molecule is Cn1nc(C2CCC(=O)NC2=O)c2ccc(N3CCC(CN4CCC5(CC4)CCN(c4cc(Nc6ccc7c(c6)c6c(c(=O)n7C)OCC(F)(F)[C@H](C7CC7)N6)c(Cl)cn4)CC5)CC3)cc21. The number of hydrogen-bond donors (Lipinski definition) is 3. The van der Waals surface area contributed by atoms with Gasteiger partial charge in [-0.2, -0.15) is 5.10 Å². The van der Waals surface area contributed by atoms with E-state index >= 15 is 8.78 Å². The van der Waals surface area contributed by atoms with Crippen LogP contribution >= 0.6 is 11.6 Å². The number of pyridine rings is 2. The molecule has 4 saturated heterocycles. The van der Waals surface area contributed by atoms with Gasteiger partial charge in [-0.25, -0.2) is 13.8 Å². The molecule has 5 fully saturated rings. The average Bonchev–Trinajstić information content (AvgIpc) is 4.12. The van der Waals surface area contributed by atoms with E-state index in [9.17, 15) is 14.4 Å². The van der Waals surface area contributed by atoms with E-state index in [-0.39, 0.29) is 23.5 Å². The van der Waals surface area contributed by atoms with Crippen molar-refractivity contribution in [2.45, 2.75) is 82.1 Å². The monoisotopic (exact) mass is 922 g/mol. The number of ether oxygens (including phenoxy) is 1. The summed E-state index contributed by atoms with van der Waals surface area (Å²) < 4.78 is 39.3. The number of likely N-dealkylation sites (tertiary alicyclic amines) is 1. The number of aryl methyl sites for hydroxylation is 2. The quantitative estimate of drug-likeness (QED) is 0.133. The largest absolute Gasteiger partial charge is 0.480 e. The zero-order valence-corrected chi connectivity index (χ0v) is 38.3. The van der Waals surface area contributed by atoms with Crippen LogP contribution in [-0.4, -0.2) is 100 Å². The third-order valence-electron chi connectivity index (χ3n) is 15.7. The summed E-state index contributed by atoms with van der Waals surface area (Å²) in [6.45, 7) is 6.45. The van der Waals surface area contributed by atoms with E-state index in [0.717, 1.165) is 93.9 Å². The molecule has 1 spiro atoms. The highest BCUT2D eigenvalue weighted by molar-refractivity contribution is 6.33. The molecule has 6 aliphatic rings. The van der Waals surface area contributed by atoms with Gasteiger partial charge in [0.25, 0.3) is 5.56 Å². The molecule has 0 bridgehead atoms. The topological polar surface area (TPSA) is 142 Å². The summed E-state index contributed by atoms with van der Waals surface area (Å²) in [5.41, 5.74) is 5.14. The number of carbonyl (C=O) groups is 2. The van der Waals surface area contributed by atoms with Crippen molar-refractivity contribution in [3.05, 3.63) is 69.7 Å². The van der Waals surface area contributed by atoms with Crippen molar-refractivity contribution >= 4 is 73.8 Å². The predicted molar refractivity (Wildman–Crippen MR) is 253 cm³/mol. The second kappa shape index (κ2) is 16.7. The first-order valence-electron chi connectivity index (χ1n) is 23.7. The number of aromatic nitrogens is 4. The van der Waals surface area contributed by atoms with E-state index in [2.05, 4.69) is 48.8 Å². The van der Waals surface area contributed by atoms with Crippen molar-refractivity contribution in [2.24, 2.45) is 31.3 Å². The maximum atomic E-state index is 15.2.